The summed E-state index contributed by atoms with van der Waals surface area (Å²) in [5.74, 6) is -2.19. The Balaban J connectivity index is 2.42. The number of esters is 1. The highest BCUT2D eigenvalue weighted by molar-refractivity contribution is 7.53. The number of nitrogens with zero attached hydrogens (tertiary/aromatic N) is 1. The summed E-state index contributed by atoms with van der Waals surface area (Å²) in [6.45, 7) is 0. The van der Waals surface area contributed by atoms with E-state index < -0.39 is 37.6 Å². The summed E-state index contributed by atoms with van der Waals surface area (Å²) in [6, 6.07) is 4.77. The van der Waals surface area contributed by atoms with Crippen LogP contribution in [0.3, 0.4) is 0 Å². The van der Waals surface area contributed by atoms with Crippen molar-refractivity contribution in [3.05, 3.63) is 35.4 Å². The van der Waals surface area contributed by atoms with Crippen molar-refractivity contribution in [2.24, 2.45) is 0 Å². The number of fused-ring (bicyclic) bond motifs is 1. The number of hydrogen-bond acceptors (Lipinski definition) is 7. The van der Waals surface area contributed by atoms with Gasteiger partial charge >= 0.3 is 13.6 Å². The van der Waals surface area contributed by atoms with Crippen molar-refractivity contribution in [2.75, 3.05) is 27.5 Å². The zero-order chi connectivity index (χ0) is 17.2. The van der Waals surface area contributed by atoms with Crippen LogP contribution in [0.25, 0.3) is 0 Å². The number of benzene rings is 1. The van der Waals surface area contributed by atoms with Crippen molar-refractivity contribution in [1.29, 1.82) is 0 Å². The molecule has 0 fully saturated rings. The molecular formula is C14H16NO7P. The van der Waals surface area contributed by atoms with Crippen LogP contribution in [0.4, 0.5) is 0 Å². The third kappa shape index (κ3) is 3.06. The average Bonchev–Trinajstić information content (AvgIpc) is 2.83. The molecule has 1 aliphatic rings. The lowest BCUT2D eigenvalue weighted by molar-refractivity contribution is -0.144. The van der Waals surface area contributed by atoms with Crippen LogP contribution in [-0.4, -0.2) is 56.2 Å². The van der Waals surface area contributed by atoms with Crippen LogP contribution in [0.2, 0.25) is 0 Å². The fourth-order valence-corrected chi connectivity index (χ4v) is 3.51. The molecular weight excluding hydrogens is 325 g/mol. The van der Waals surface area contributed by atoms with Crippen molar-refractivity contribution < 1.29 is 32.7 Å². The van der Waals surface area contributed by atoms with E-state index in [1.165, 1.54) is 12.1 Å². The SMILES string of the molecule is COC(=O)C(CP(=O)(OC)OC)N1C(=O)c2ccccc2C1=O. The molecule has 9 heteroatoms. The second kappa shape index (κ2) is 6.62. The number of imide groups is 1. The first-order valence-electron chi connectivity index (χ1n) is 6.63. The van der Waals surface area contributed by atoms with E-state index in [1.54, 1.807) is 12.1 Å². The molecule has 0 aliphatic carbocycles. The second-order valence-electron chi connectivity index (χ2n) is 4.72. The highest BCUT2D eigenvalue weighted by Crippen LogP contribution is 2.48. The van der Waals surface area contributed by atoms with Gasteiger partial charge in [-0.05, 0) is 12.1 Å². The molecule has 8 nitrogen and oxygen atoms in total. The van der Waals surface area contributed by atoms with Gasteiger partial charge in [0.05, 0.1) is 24.4 Å². The molecule has 0 bridgehead atoms. The molecule has 0 aromatic heterocycles. The van der Waals surface area contributed by atoms with Crippen molar-refractivity contribution in [1.82, 2.24) is 4.90 Å². The molecule has 1 heterocycles. The van der Waals surface area contributed by atoms with Gasteiger partial charge < -0.3 is 13.8 Å². The zero-order valence-corrected chi connectivity index (χ0v) is 13.7. The van der Waals surface area contributed by atoms with E-state index in [1.807, 2.05) is 0 Å². The van der Waals surface area contributed by atoms with Gasteiger partial charge in [0.2, 0.25) is 0 Å². The molecule has 0 spiro atoms. The van der Waals surface area contributed by atoms with Gasteiger partial charge in [-0.15, -0.1) is 0 Å². The Morgan fingerprint density at radius 3 is 1.96 bits per heavy atom. The van der Waals surface area contributed by atoms with Gasteiger partial charge in [-0.2, -0.15) is 0 Å². The Hall–Kier alpha value is -2.02. The topological polar surface area (TPSA) is 99.2 Å². The van der Waals surface area contributed by atoms with Gasteiger partial charge in [0, 0.05) is 14.2 Å². The molecule has 2 rings (SSSR count). The Morgan fingerprint density at radius 1 is 1.09 bits per heavy atom. The Labute approximate surface area is 132 Å². The number of methoxy groups -OCH3 is 1. The summed E-state index contributed by atoms with van der Waals surface area (Å²) in [6.07, 6.45) is -0.488. The van der Waals surface area contributed by atoms with E-state index in [4.69, 9.17) is 9.05 Å². The maximum absolute atomic E-state index is 12.5. The number of hydrogen-bond donors (Lipinski definition) is 0. The van der Waals surface area contributed by atoms with Gasteiger partial charge in [-0.25, -0.2) is 4.79 Å². The minimum Gasteiger partial charge on any atom is -0.467 e. The first-order chi connectivity index (χ1) is 10.9. The van der Waals surface area contributed by atoms with Gasteiger partial charge in [0.1, 0.15) is 6.04 Å². The van der Waals surface area contributed by atoms with E-state index in [0.717, 1.165) is 26.2 Å². The molecule has 0 saturated carbocycles. The Bertz CT molecular complexity index is 659. The van der Waals surface area contributed by atoms with E-state index in [0.29, 0.717) is 0 Å². The van der Waals surface area contributed by atoms with Crippen molar-refractivity contribution in [3.63, 3.8) is 0 Å². The molecule has 0 N–H and O–H groups in total. The Morgan fingerprint density at radius 2 is 1.57 bits per heavy atom. The molecule has 23 heavy (non-hydrogen) atoms. The van der Waals surface area contributed by atoms with E-state index in [-0.39, 0.29) is 11.1 Å². The molecule has 1 atom stereocenters. The molecule has 1 unspecified atom stereocenters. The third-order valence-electron chi connectivity index (χ3n) is 3.56. The highest BCUT2D eigenvalue weighted by atomic mass is 31.2. The maximum Gasteiger partial charge on any atom is 0.332 e. The average molecular weight is 341 g/mol. The third-order valence-corrected chi connectivity index (χ3v) is 5.47. The summed E-state index contributed by atoms with van der Waals surface area (Å²) in [4.78, 5) is 37.7. The predicted octanol–water partition coefficient (Wildman–Crippen LogP) is 1.31. The summed E-state index contributed by atoms with van der Waals surface area (Å²) in [7, 11) is -0.235. The molecule has 0 radical (unpaired) electrons. The summed E-state index contributed by atoms with van der Waals surface area (Å²) < 4.78 is 26.6. The molecule has 2 amide bonds. The van der Waals surface area contributed by atoms with Crippen molar-refractivity contribution in [2.45, 2.75) is 6.04 Å². The van der Waals surface area contributed by atoms with Crippen LogP contribution in [0.5, 0.6) is 0 Å². The first kappa shape index (κ1) is 17.3. The molecule has 0 saturated heterocycles. The van der Waals surface area contributed by atoms with Gasteiger partial charge in [0.15, 0.2) is 0 Å². The minimum atomic E-state index is -3.65. The quantitative estimate of drug-likeness (QED) is 0.437. The van der Waals surface area contributed by atoms with E-state index >= 15 is 0 Å². The fraction of sp³-hybridized carbons (Fsp3) is 0.357. The lowest BCUT2D eigenvalue weighted by Gasteiger charge is -2.26. The van der Waals surface area contributed by atoms with Gasteiger partial charge in [-0.1, -0.05) is 12.1 Å². The van der Waals surface area contributed by atoms with Crippen LogP contribution in [0.15, 0.2) is 24.3 Å². The van der Waals surface area contributed by atoms with Gasteiger partial charge in [0.25, 0.3) is 11.8 Å². The van der Waals surface area contributed by atoms with Crippen LogP contribution in [0.1, 0.15) is 20.7 Å². The summed E-state index contributed by atoms with van der Waals surface area (Å²) >= 11 is 0. The first-order valence-corrected chi connectivity index (χ1v) is 8.36. The number of amides is 2. The number of carbonyl (C=O) groups is 3. The zero-order valence-electron chi connectivity index (χ0n) is 12.8. The largest absolute Gasteiger partial charge is 0.467 e. The smallest absolute Gasteiger partial charge is 0.332 e. The van der Waals surface area contributed by atoms with Crippen molar-refractivity contribution >= 4 is 25.4 Å². The lowest BCUT2D eigenvalue weighted by Crippen LogP contribution is -2.47. The van der Waals surface area contributed by atoms with Crippen LogP contribution in [0, 0.1) is 0 Å². The van der Waals surface area contributed by atoms with E-state index in [2.05, 4.69) is 4.74 Å². The molecule has 124 valence electrons. The standard InChI is InChI=1S/C14H16NO7P/c1-20-14(18)11(8-23(19,21-2)22-3)15-12(16)9-6-4-5-7-10(9)13(15)17/h4-7,11H,8H2,1-3H3. The monoisotopic (exact) mass is 341 g/mol. The predicted molar refractivity (Wildman–Crippen MR) is 79.2 cm³/mol. The molecule has 1 aliphatic heterocycles. The maximum atomic E-state index is 12.5. The number of carbonyl (C=O) groups excluding carboxylic acids is 3. The molecule has 1 aromatic carbocycles. The Kier molecular flexibility index (Phi) is 4.99. The van der Waals surface area contributed by atoms with Crippen molar-refractivity contribution in [3.8, 4) is 0 Å². The van der Waals surface area contributed by atoms with Crippen LogP contribution in [-0.2, 0) is 23.1 Å². The van der Waals surface area contributed by atoms with Crippen LogP contribution < -0.4 is 0 Å². The number of rotatable bonds is 6. The highest BCUT2D eigenvalue weighted by Gasteiger charge is 2.46. The second-order valence-corrected chi connectivity index (χ2v) is 7.04. The summed E-state index contributed by atoms with van der Waals surface area (Å²) in [5, 5.41) is 0. The van der Waals surface area contributed by atoms with Crippen LogP contribution >= 0.6 is 7.60 Å². The lowest BCUT2D eigenvalue weighted by atomic mass is 10.1. The van der Waals surface area contributed by atoms with Gasteiger partial charge in [-0.3, -0.25) is 19.1 Å². The van der Waals surface area contributed by atoms with E-state index in [9.17, 15) is 18.9 Å². The normalized spacial score (nSPS) is 15.5. The minimum absolute atomic E-state index is 0.177. The fourth-order valence-electron chi connectivity index (χ4n) is 2.32. The molecule has 1 aromatic rings. The number of ether oxygens (including phenoxy) is 1. The summed E-state index contributed by atoms with van der Waals surface area (Å²) in [5.41, 5.74) is 0.354.